The molecule has 0 bridgehead atoms. The highest BCUT2D eigenvalue weighted by atomic mass is 35.5. The minimum atomic E-state index is -0.165. The maximum Gasteiger partial charge on any atom is 0.251 e. The first kappa shape index (κ1) is 21.7. The highest BCUT2D eigenvalue weighted by Crippen LogP contribution is 2.31. The van der Waals surface area contributed by atoms with E-state index in [1.165, 1.54) is 12.8 Å². The normalized spacial score (nSPS) is 17.7. The molecular weight excluding hydrogens is 414 g/mol. The van der Waals surface area contributed by atoms with Gasteiger partial charge in [-0.2, -0.15) is 0 Å². The van der Waals surface area contributed by atoms with Crippen LogP contribution in [0.5, 0.6) is 5.75 Å². The third kappa shape index (κ3) is 4.86. The Bertz CT molecular complexity index is 942. The number of carbonyl (C=O) groups excluding carboxylic acids is 2. The fraction of sp³-hybridized carbons (Fsp3) is 0.417. The maximum absolute atomic E-state index is 13.0. The number of halogens is 1. The average Bonchev–Trinajstić information content (AvgIpc) is 3.47. The maximum atomic E-state index is 13.0. The molecule has 0 radical (unpaired) electrons. The SMILES string of the molecule is COc1ccc(C(CNC(=O)c2ccc(Cl)c(N3CCCC3=O)c2)N2CCCC2)cc1. The van der Waals surface area contributed by atoms with Crippen molar-refractivity contribution >= 4 is 29.1 Å². The van der Waals surface area contributed by atoms with Crippen molar-refractivity contribution < 1.29 is 14.3 Å². The van der Waals surface area contributed by atoms with Crippen LogP contribution in [0.1, 0.15) is 47.6 Å². The Kier molecular flexibility index (Phi) is 6.78. The largest absolute Gasteiger partial charge is 0.497 e. The monoisotopic (exact) mass is 441 g/mol. The van der Waals surface area contributed by atoms with Crippen LogP contribution in [0.15, 0.2) is 42.5 Å². The summed E-state index contributed by atoms with van der Waals surface area (Å²) in [6.07, 6.45) is 3.67. The first-order valence-electron chi connectivity index (χ1n) is 10.8. The summed E-state index contributed by atoms with van der Waals surface area (Å²) in [5.74, 6) is 0.702. The van der Waals surface area contributed by atoms with Gasteiger partial charge in [-0.1, -0.05) is 23.7 Å². The predicted octanol–water partition coefficient (Wildman–Crippen LogP) is 4.04. The summed E-state index contributed by atoms with van der Waals surface area (Å²) >= 11 is 6.32. The number of rotatable bonds is 7. The first-order valence-corrected chi connectivity index (χ1v) is 11.2. The third-order valence-corrected chi connectivity index (χ3v) is 6.43. The standard InChI is InChI=1S/C24H28ClN3O3/c1-31-19-9-6-17(7-10-19)22(27-12-2-3-13-27)16-26-24(30)18-8-11-20(25)21(15-18)28-14-4-5-23(28)29/h6-11,15,22H,2-5,12-14,16H2,1H3,(H,26,30). The van der Waals surface area contributed by atoms with Crippen LogP contribution in [0.3, 0.4) is 0 Å². The van der Waals surface area contributed by atoms with E-state index in [9.17, 15) is 9.59 Å². The van der Waals surface area contributed by atoms with E-state index in [1.807, 2.05) is 12.1 Å². The van der Waals surface area contributed by atoms with Crippen LogP contribution in [-0.4, -0.2) is 50.0 Å². The van der Waals surface area contributed by atoms with Gasteiger partial charge in [-0.05, 0) is 68.2 Å². The molecule has 2 aromatic rings. The van der Waals surface area contributed by atoms with Crippen molar-refractivity contribution in [2.45, 2.75) is 31.7 Å². The molecule has 2 aliphatic heterocycles. The van der Waals surface area contributed by atoms with Crippen LogP contribution in [0.4, 0.5) is 5.69 Å². The lowest BCUT2D eigenvalue weighted by Gasteiger charge is -2.28. The molecule has 164 valence electrons. The molecule has 0 aliphatic carbocycles. The van der Waals surface area contributed by atoms with E-state index < -0.39 is 0 Å². The molecule has 0 saturated carbocycles. The number of anilines is 1. The number of carbonyl (C=O) groups is 2. The van der Waals surface area contributed by atoms with Crippen molar-refractivity contribution in [1.29, 1.82) is 0 Å². The Morgan fingerprint density at radius 3 is 2.48 bits per heavy atom. The fourth-order valence-corrected chi connectivity index (χ4v) is 4.61. The number of benzene rings is 2. The molecule has 1 atom stereocenters. The lowest BCUT2D eigenvalue weighted by Crippen LogP contribution is -2.37. The molecule has 0 aromatic heterocycles. The number of nitrogens with one attached hydrogen (secondary N) is 1. The molecule has 0 spiro atoms. The zero-order valence-corrected chi connectivity index (χ0v) is 18.5. The fourth-order valence-electron chi connectivity index (χ4n) is 4.39. The van der Waals surface area contributed by atoms with E-state index in [0.29, 0.717) is 35.8 Å². The molecule has 6 nitrogen and oxygen atoms in total. The highest BCUT2D eigenvalue weighted by Gasteiger charge is 2.26. The molecule has 2 aromatic carbocycles. The third-order valence-electron chi connectivity index (χ3n) is 6.11. The number of methoxy groups -OCH3 is 1. The summed E-state index contributed by atoms with van der Waals surface area (Å²) in [6, 6.07) is 13.3. The lowest BCUT2D eigenvalue weighted by molar-refractivity contribution is -0.117. The second-order valence-electron chi connectivity index (χ2n) is 8.06. The average molecular weight is 442 g/mol. The van der Waals surface area contributed by atoms with Gasteiger partial charge in [0, 0.05) is 25.1 Å². The topological polar surface area (TPSA) is 61.9 Å². The van der Waals surface area contributed by atoms with Crippen LogP contribution in [0.25, 0.3) is 0 Å². The van der Waals surface area contributed by atoms with E-state index in [0.717, 1.165) is 30.8 Å². The number of amides is 2. The molecule has 1 unspecified atom stereocenters. The van der Waals surface area contributed by atoms with Gasteiger partial charge in [-0.15, -0.1) is 0 Å². The van der Waals surface area contributed by atoms with Gasteiger partial charge in [-0.3, -0.25) is 14.5 Å². The molecule has 2 saturated heterocycles. The molecule has 2 fully saturated rings. The van der Waals surface area contributed by atoms with E-state index in [-0.39, 0.29) is 17.9 Å². The van der Waals surface area contributed by atoms with Gasteiger partial charge in [0.2, 0.25) is 5.91 Å². The van der Waals surface area contributed by atoms with Crippen molar-refractivity contribution in [1.82, 2.24) is 10.2 Å². The van der Waals surface area contributed by atoms with Gasteiger partial charge < -0.3 is 15.0 Å². The Morgan fingerprint density at radius 2 is 1.84 bits per heavy atom. The molecule has 4 rings (SSSR count). The van der Waals surface area contributed by atoms with E-state index in [1.54, 1.807) is 30.2 Å². The molecule has 1 N–H and O–H groups in total. The van der Waals surface area contributed by atoms with Crippen molar-refractivity contribution in [2.75, 3.05) is 38.2 Å². The Morgan fingerprint density at radius 1 is 1.10 bits per heavy atom. The van der Waals surface area contributed by atoms with Gasteiger partial charge in [0.05, 0.1) is 23.9 Å². The lowest BCUT2D eigenvalue weighted by atomic mass is 10.0. The summed E-state index contributed by atoms with van der Waals surface area (Å²) < 4.78 is 5.28. The minimum absolute atomic E-state index is 0.0491. The second-order valence-corrected chi connectivity index (χ2v) is 8.46. The van der Waals surface area contributed by atoms with Crippen LogP contribution in [0.2, 0.25) is 5.02 Å². The van der Waals surface area contributed by atoms with Crippen LogP contribution in [0, 0.1) is 0 Å². The first-order chi connectivity index (χ1) is 15.1. The van der Waals surface area contributed by atoms with E-state index >= 15 is 0 Å². The van der Waals surface area contributed by atoms with E-state index in [4.69, 9.17) is 16.3 Å². The molecule has 31 heavy (non-hydrogen) atoms. The van der Waals surface area contributed by atoms with Crippen molar-refractivity contribution in [2.24, 2.45) is 0 Å². The zero-order valence-electron chi connectivity index (χ0n) is 17.8. The quantitative estimate of drug-likeness (QED) is 0.704. The molecule has 2 heterocycles. The van der Waals surface area contributed by atoms with Crippen molar-refractivity contribution in [3.8, 4) is 5.75 Å². The summed E-state index contributed by atoms with van der Waals surface area (Å²) in [6.45, 7) is 3.19. The molecular formula is C24H28ClN3O3. The van der Waals surface area contributed by atoms with Crippen LogP contribution < -0.4 is 15.0 Å². The van der Waals surface area contributed by atoms with E-state index in [2.05, 4.69) is 22.3 Å². The van der Waals surface area contributed by atoms with Crippen molar-refractivity contribution in [3.05, 3.63) is 58.6 Å². The molecule has 2 aliphatic rings. The van der Waals surface area contributed by atoms with Crippen LogP contribution >= 0.6 is 11.6 Å². The Balaban J connectivity index is 1.49. The van der Waals surface area contributed by atoms with Gasteiger partial charge >= 0.3 is 0 Å². The number of nitrogens with zero attached hydrogens (tertiary/aromatic N) is 2. The van der Waals surface area contributed by atoms with Gasteiger partial charge in [0.25, 0.3) is 5.91 Å². The van der Waals surface area contributed by atoms with Crippen molar-refractivity contribution in [3.63, 3.8) is 0 Å². The number of likely N-dealkylation sites (tertiary alicyclic amines) is 1. The van der Waals surface area contributed by atoms with Gasteiger partial charge in [0.1, 0.15) is 5.75 Å². The Hall–Kier alpha value is -2.57. The predicted molar refractivity (Wildman–Crippen MR) is 122 cm³/mol. The zero-order chi connectivity index (χ0) is 21.8. The second kappa shape index (κ2) is 9.71. The summed E-state index contributed by atoms with van der Waals surface area (Å²) in [4.78, 5) is 29.2. The highest BCUT2D eigenvalue weighted by molar-refractivity contribution is 6.34. The molecule has 7 heteroatoms. The number of hydrogen-bond acceptors (Lipinski definition) is 4. The van der Waals surface area contributed by atoms with Gasteiger partial charge in [-0.25, -0.2) is 0 Å². The minimum Gasteiger partial charge on any atom is -0.497 e. The van der Waals surface area contributed by atoms with Crippen LogP contribution in [-0.2, 0) is 4.79 Å². The smallest absolute Gasteiger partial charge is 0.251 e. The summed E-state index contributed by atoms with van der Waals surface area (Å²) in [7, 11) is 1.66. The number of hydrogen-bond donors (Lipinski definition) is 1. The number of ether oxygens (including phenoxy) is 1. The summed E-state index contributed by atoms with van der Waals surface area (Å²) in [5.41, 5.74) is 2.28. The van der Waals surface area contributed by atoms with Gasteiger partial charge in [0.15, 0.2) is 0 Å². The summed E-state index contributed by atoms with van der Waals surface area (Å²) in [5, 5.41) is 3.58. The Labute approximate surface area is 188 Å². The molecule has 2 amide bonds.